The molecule has 0 saturated carbocycles. The number of anilines is 1. The Morgan fingerprint density at radius 2 is 2.00 bits per heavy atom. The Kier molecular flexibility index (Phi) is 7.07. The van der Waals surface area contributed by atoms with Gasteiger partial charge in [-0.05, 0) is 43.2 Å². The van der Waals surface area contributed by atoms with Gasteiger partial charge in [-0.1, -0.05) is 11.6 Å². The molecule has 0 radical (unpaired) electrons. The van der Waals surface area contributed by atoms with Crippen LogP contribution in [0.25, 0.3) is 0 Å². The van der Waals surface area contributed by atoms with E-state index in [4.69, 9.17) is 21.1 Å². The number of hydrogen-bond donors (Lipinski definition) is 1. The van der Waals surface area contributed by atoms with E-state index in [9.17, 15) is 13.2 Å². The summed E-state index contributed by atoms with van der Waals surface area (Å²) in [7, 11) is -2.11. The van der Waals surface area contributed by atoms with Crippen LogP contribution in [0.1, 0.15) is 23.2 Å². The topological polar surface area (TPSA) is 97.8 Å². The summed E-state index contributed by atoms with van der Waals surface area (Å²) >= 11 is 6.18. The molecular weight excluding hydrogens is 418 g/mol. The molecule has 1 saturated heterocycles. The van der Waals surface area contributed by atoms with E-state index in [1.165, 1.54) is 28.7 Å². The molecule has 0 unspecified atom stereocenters. The zero-order valence-electron chi connectivity index (χ0n) is 15.9. The van der Waals surface area contributed by atoms with E-state index in [0.29, 0.717) is 25.4 Å². The number of halogens is 1. The van der Waals surface area contributed by atoms with Crippen LogP contribution in [0, 0.1) is 0 Å². The van der Waals surface area contributed by atoms with Crippen LogP contribution < -0.4 is 10.1 Å². The monoisotopic (exact) mass is 439 g/mol. The fourth-order valence-corrected chi connectivity index (χ4v) is 4.68. The SMILES string of the molecule is COCCOc1ncccc1NC(=O)c1cc(S(=O)(=O)N2CCCC2)ccc1Cl. The molecule has 8 nitrogen and oxygen atoms in total. The van der Waals surface area contributed by atoms with Crippen molar-refractivity contribution in [1.29, 1.82) is 0 Å². The first-order valence-corrected chi connectivity index (χ1v) is 10.9. The standard InChI is InChI=1S/C19H22ClN3O5S/c1-27-11-12-28-19-17(5-4-8-21-19)22-18(24)15-13-14(6-7-16(15)20)29(25,26)23-9-2-3-10-23/h4-8,13H,2-3,9-12H2,1H3,(H,22,24). The van der Waals surface area contributed by atoms with Crippen molar-refractivity contribution in [3.05, 3.63) is 47.1 Å². The molecule has 10 heteroatoms. The Morgan fingerprint density at radius 1 is 1.24 bits per heavy atom. The predicted molar refractivity (Wildman–Crippen MR) is 109 cm³/mol. The molecule has 1 N–H and O–H groups in total. The highest BCUT2D eigenvalue weighted by Gasteiger charge is 2.28. The van der Waals surface area contributed by atoms with Crippen molar-refractivity contribution in [3.8, 4) is 5.88 Å². The molecule has 29 heavy (non-hydrogen) atoms. The maximum atomic E-state index is 12.8. The third-order valence-electron chi connectivity index (χ3n) is 4.43. The lowest BCUT2D eigenvalue weighted by molar-refractivity contribution is 0.102. The van der Waals surface area contributed by atoms with Gasteiger partial charge in [0.1, 0.15) is 12.3 Å². The summed E-state index contributed by atoms with van der Waals surface area (Å²) in [6, 6.07) is 7.41. The summed E-state index contributed by atoms with van der Waals surface area (Å²) in [5, 5.41) is 2.83. The third kappa shape index (κ3) is 5.05. The number of hydrogen-bond acceptors (Lipinski definition) is 6. The quantitative estimate of drug-likeness (QED) is 0.635. The molecular formula is C19H22ClN3O5S. The largest absolute Gasteiger partial charge is 0.474 e. The number of pyridine rings is 1. The van der Waals surface area contributed by atoms with Gasteiger partial charge in [-0.15, -0.1) is 0 Å². The van der Waals surface area contributed by atoms with Crippen molar-refractivity contribution in [2.75, 3.05) is 38.7 Å². The first-order chi connectivity index (χ1) is 13.9. The number of rotatable bonds is 8. The Hall–Kier alpha value is -2.20. The number of amides is 1. The van der Waals surface area contributed by atoms with Crippen LogP contribution in [0.5, 0.6) is 5.88 Å². The highest BCUT2D eigenvalue weighted by molar-refractivity contribution is 7.89. The molecule has 0 bridgehead atoms. The number of aromatic nitrogens is 1. The van der Waals surface area contributed by atoms with E-state index in [2.05, 4.69) is 10.3 Å². The highest BCUT2D eigenvalue weighted by Crippen LogP contribution is 2.27. The van der Waals surface area contributed by atoms with Gasteiger partial charge in [0.25, 0.3) is 5.91 Å². The van der Waals surface area contributed by atoms with Crippen molar-refractivity contribution in [3.63, 3.8) is 0 Å². The third-order valence-corrected chi connectivity index (χ3v) is 6.66. The Morgan fingerprint density at radius 3 is 2.72 bits per heavy atom. The maximum Gasteiger partial charge on any atom is 0.257 e. The van der Waals surface area contributed by atoms with Crippen LogP contribution in [0.15, 0.2) is 41.4 Å². The summed E-state index contributed by atoms with van der Waals surface area (Å²) in [4.78, 5) is 16.9. The van der Waals surface area contributed by atoms with E-state index in [1.54, 1.807) is 19.2 Å². The van der Waals surface area contributed by atoms with Crippen LogP contribution in [-0.4, -0.2) is 57.0 Å². The molecule has 1 aromatic heterocycles. The van der Waals surface area contributed by atoms with Crippen LogP contribution in [0.3, 0.4) is 0 Å². The molecule has 0 spiro atoms. The second-order valence-electron chi connectivity index (χ2n) is 6.40. The molecule has 1 fully saturated rings. The van der Waals surface area contributed by atoms with Crippen molar-refractivity contribution >= 4 is 33.2 Å². The van der Waals surface area contributed by atoms with E-state index in [0.717, 1.165) is 12.8 Å². The van der Waals surface area contributed by atoms with Gasteiger partial charge in [0.05, 0.1) is 22.1 Å². The zero-order valence-corrected chi connectivity index (χ0v) is 17.5. The molecule has 3 rings (SSSR count). The smallest absolute Gasteiger partial charge is 0.257 e. The number of ether oxygens (including phenoxy) is 2. The van der Waals surface area contributed by atoms with E-state index < -0.39 is 15.9 Å². The number of nitrogens with one attached hydrogen (secondary N) is 1. The van der Waals surface area contributed by atoms with Gasteiger partial charge in [-0.25, -0.2) is 13.4 Å². The average molecular weight is 440 g/mol. The molecule has 2 aromatic rings. The van der Waals surface area contributed by atoms with Crippen LogP contribution in [0.4, 0.5) is 5.69 Å². The first-order valence-electron chi connectivity index (χ1n) is 9.11. The van der Waals surface area contributed by atoms with E-state index in [-0.39, 0.29) is 28.0 Å². The van der Waals surface area contributed by atoms with Gasteiger partial charge in [-0.2, -0.15) is 4.31 Å². The number of sulfonamides is 1. The summed E-state index contributed by atoms with van der Waals surface area (Å²) in [6.07, 6.45) is 3.19. The minimum Gasteiger partial charge on any atom is -0.474 e. The van der Waals surface area contributed by atoms with Crippen molar-refractivity contribution in [2.24, 2.45) is 0 Å². The van der Waals surface area contributed by atoms with E-state index >= 15 is 0 Å². The summed E-state index contributed by atoms with van der Waals surface area (Å²) in [6.45, 7) is 1.58. The number of benzene rings is 1. The molecule has 156 valence electrons. The number of carbonyl (C=O) groups is 1. The molecule has 1 aromatic carbocycles. The van der Waals surface area contributed by atoms with Gasteiger partial charge >= 0.3 is 0 Å². The Balaban J connectivity index is 1.83. The number of nitrogens with zero attached hydrogens (tertiary/aromatic N) is 2. The highest BCUT2D eigenvalue weighted by atomic mass is 35.5. The first kappa shape index (κ1) is 21.5. The molecule has 0 aliphatic carbocycles. The second kappa shape index (κ2) is 9.53. The molecule has 2 heterocycles. The lowest BCUT2D eigenvalue weighted by Gasteiger charge is -2.16. The minimum absolute atomic E-state index is 0.0386. The molecule has 1 aliphatic rings. The molecule has 1 amide bonds. The minimum atomic E-state index is -3.66. The molecule has 1 aliphatic heterocycles. The van der Waals surface area contributed by atoms with Crippen molar-refractivity contribution in [1.82, 2.24) is 9.29 Å². The average Bonchev–Trinajstić information content (AvgIpc) is 3.25. The summed E-state index contributed by atoms with van der Waals surface area (Å²) < 4.78 is 37.4. The molecule has 0 atom stereocenters. The fourth-order valence-electron chi connectivity index (χ4n) is 2.93. The zero-order chi connectivity index (χ0) is 20.9. The lowest BCUT2D eigenvalue weighted by atomic mass is 10.2. The summed E-state index contributed by atoms with van der Waals surface area (Å²) in [5.74, 6) is -0.326. The van der Waals surface area contributed by atoms with Crippen LogP contribution in [-0.2, 0) is 14.8 Å². The Bertz CT molecular complexity index is 978. The van der Waals surface area contributed by atoms with Crippen LogP contribution >= 0.6 is 11.6 Å². The van der Waals surface area contributed by atoms with Gasteiger partial charge in [0.15, 0.2) is 0 Å². The second-order valence-corrected chi connectivity index (χ2v) is 8.75. The summed E-state index contributed by atoms with van der Waals surface area (Å²) in [5.41, 5.74) is 0.399. The lowest BCUT2D eigenvalue weighted by Crippen LogP contribution is -2.28. The van der Waals surface area contributed by atoms with Gasteiger partial charge < -0.3 is 14.8 Å². The number of methoxy groups -OCH3 is 1. The fraction of sp³-hybridized carbons (Fsp3) is 0.368. The van der Waals surface area contributed by atoms with Crippen molar-refractivity contribution in [2.45, 2.75) is 17.7 Å². The van der Waals surface area contributed by atoms with Crippen molar-refractivity contribution < 1.29 is 22.7 Å². The van der Waals surface area contributed by atoms with Crippen LogP contribution in [0.2, 0.25) is 5.02 Å². The van der Waals surface area contributed by atoms with Gasteiger partial charge in [-0.3, -0.25) is 4.79 Å². The Labute approximate surface area is 174 Å². The van der Waals surface area contributed by atoms with Gasteiger partial charge in [0.2, 0.25) is 15.9 Å². The normalized spacial score (nSPS) is 14.7. The number of carbonyl (C=O) groups excluding carboxylic acids is 1. The van der Waals surface area contributed by atoms with Gasteiger partial charge in [0, 0.05) is 26.4 Å². The maximum absolute atomic E-state index is 12.8. The van der Waals surface area contributed by atoms with E-state index in [1.807, 2.05) is 0 Å². The predicted octanol–water partition coefficient (Wildman–Crippen LogP) is 2.80.